The molecule has 1 aromatic rings. The summed E-state index contributed by atoms with van der Waals surface area (Å²) in [5, 5.41) is 2.89. The van der Waals surface area contributed by atoms with E-state index in [1.54, 1.807) is 20.8 Å². The van der Waals surface area contributed by atoms with E-state index in [9.17, 15) is 13.2 Å². The van der Waals surface area contributed by atoms with Crippen molar-refractivity contribution in [2.75, 3.05) is 32.1 Å². The largest absolute Gasteiger partial charge is 0.444 e. The van der Waals surface area contributed by atoms with Gasteiger partial charge in [0.1, 0.15) is 5.60 Å². The average Bonchev–Trinajstić information content (AvgIpc) is 2.91. The lowest BCUT2D eigenvalue weighted by Gasteiger charge is -2.29. The topological polar surface area (TPSA) is 84.9 Å². The number of hydrogen-bond donors (Lipinski definition) is 1. The number of hydrogen-bond acceptors (Lipinski definition) is 5. The summed E-state index contributed by atoms with van der Waals surface area (Å²) in [6, 6.07) is 7.46. The van der Waals surface area contributed by atoms with Gasteiger partial charge in [-0.25, -0.2) is 13.2 Å². The third-order valence-corrected chi connectivity index (χ3v) is 6.77. The van der Waals surface area contributed by atoms with Crippen molar-refractivity contribution in [1.29, 1.82) is 0 Å². The molecule has 0 radical (unpaired) electrons. The predicted octanol–water partition coefficient (Wildman–Crippen LogP) is 1.88. The Morgan fingerprint density at radius 2 is 1.93 bits per heavy atom. The zero-order valence-corrected chi connectivity index (χ0v) is 16.9. The third kappa shape index (κ3) is 5.00. The summed E-state index contributed by atoms with van der Waals surface area (Å²) in [5.74, 6) is -0.341. The molecule has 1 aromatic carbocycles. The van der Waals surface area contributed by atoms with E-state index in [2.05, 4.69) is 5.32 Å². The Morgan fingerprint density at radius 3 is 2.59 bits per heavy atom. The monoisotopic (exact) mass is 396 g/mol. The van der Waals surface area contributed by atoms with Gasteiger partial charge in [-0.2, -0.15) is 4.31 Å². The van der Waals surface area contributed by atoms with Gasteiger partial charge in [-0.3, -0.25) is 0 Å². The van der Waals surface area contributed by atoms with Crippen molar-refractivity contribution in [1.82, 2.24) is 9.62 Å². The maximum atomic E-state index is 12.9. The predicted molar refractivity (Wildman–Crippen MR) is 102 cm³/mol. The zero-order chi connectivity index (χ0) is 19.7. The van der Waals surface area contributed by atoms with E-state index in [1.165, 1.54) is 4.31 Å². The summed E-state index contributed by atoms with van der Waals surface area (Å²) in [5.41, 5.74) is 1.45. The van der Waals surface area contributed by atoms with Gasteiger partial charge < -0.3 is 14.8 Å². The quantitative estimate of drug-likeness (QED) is 0.840. The molecule has 8 heteroatoms. The SMILES string of the molecule is CC(C)(C)OC(=O)N[C@@H]1Cc2ccccc2[C@H]1CS(=O)(=O)N1CCOCC1. The molecule has 0 aromatic heterocycles. The van der Waals surface area contributed by atoms with Gasteiger partial charge in [-0.15, -0.1) is 0 Å². The zero-order valence-electron chi connectivity index (χ0n) is 16.1. The highest BCUT2D eigenvalue weighted by atomic mass is 32.2. The van der Waals surface area contributed by atoms with Crippen molar-refractivity contribution in [2.24, 2.45) is 0 Å². The average molecular weight is 397 g/mol. The van der Waals surface area contributed by atoms with Crippen LogP contribution in [-0.4, -0.2) is 62.5 Å². The number of morpholine rings is 1. The van der Waals surface area contributed by atoms with E-state index >= 15 is 0 Å². The minimum atomic E-state index is -3.45. The summed E-state index contributed by atoms with van der Waals surface area (Å²) < 4.78 is 38.0. The molecule has 7 nitrogen and oxygen atoms in total. The van der Waals surface area contributed by atoms with Crippen LogP contribution < -0.4 is 5.32 Å². The Kier molecular flexibility index (Phi) is 5.79. The number of amides is 1. The van der Waals surface area contributed by atoms with Crippen LogP contribution in [0.4, 0.5) is 4.79 Å². The Morgan fingerprint density at radius 1 is 1.26 bits per heavy atom. The molecule has 0 spiro atoms. The highest BCUT2D eigenvalue weighted by Gasteiger charge is 2.39. The van der Waals surface area contributed by atoms with Gasteiger partial charge in [0.05, 0.1) is 19.0 Å². The number of rotatable bonds is 4. The molecular formula is C19H28N2O5S. The van der Waals surface area contributed by atoms with Crippen LogP contribution in [-0.2, 0) is 25.9 Å². The van der Waals surface area contributed by atoms with Crippen molar-refractivity contribution in [3.8, 4) is 0 Å². The molecule has 2 aliphatic rings. The number of carbonyl (C=O) groups excluding carboxylic acids is 1. The summed E-state index contributed by atoms with van der Waals surface area (Å²) in [4.78, 5) is 12.3. The highest BCUT2D eigenvalue weighted by molar-refractivity contribution is 7.89. The second-order valence-corrected chi connectivity index (χ2v) is 10.1. The molecular weight excluding hydrogens is 368 g/mol. The molecule has 3 rings (SSSR count). The molecule has 1 saturated heterocycles. The molecule has 0 saturated carbocycles. The van der Waals surface area contributed by atoms with E-state index in [-0.39, 0.29) is 17.7 Å². The Bertz CT molecular complexity index is 782. The second kappa shape index (κ2) is 7.77. The molecule has 150 valence electrons. The number of sulfonamides is 1. The van der Waals surface area contributed by atoms with Gasteiger partial charge in [-0.1, -0.05) is 24.3 Å². The van der Waals surface area contributed by atoms with Crippen molar-refractivity contribution in [2.45, 2.75) is 44.8 Å². The number of carbonyl (C=O) groups is 1. The maximum absolute atomic E-state index is 12.9. The maximum Gasteiger partial charge on any atom is 0.407 e. The number of nitrogens with one attached hydrogen (secondary N) is 1. The first-order valence-corrected chi connectivity index (χ1v) is 10.9. The lowest BCUT2D eigenvalue weighted by Crippen LogP contribution is -2.46. The Hall–Kier alpha value is -1.64. The molecule has 1 aliphatic carbocycles. The van der Waals surface area contributed by atoms with Gasteiger partial charge in [0.2, 0.25) is 10.0 Å². The fraction of sp³-hybridized carbons (Fsp3) is 0.632. The van der Waals surface area contributed by atoms with Crippen LogP contribution in [0.25, 0.3) is 0 Å². The number of benzene rings is 1. The van der Waals surface area contributed by atoms with Crippen LogP contribution in [0.3, 0.4) is 0 Å². The van der Waals surface area contributed by atoms with Crippen molar-refractivity contribution < 1.29 is 22.7 Å². The van der Waals surface area contributed by atoms with Gasteiger partial charge in [0, 0.05) is 25.0 Å². The van der Waals surface area contributed by atoms with Crippen molar-refractivity contribution >= 4 is 16.1 Å². The van der Waals surface area contributed by atoms with Gasteiger partial charge in [-0.05, 0) is 38.3 Å². The molecule has 1 N–H and O–H groups in total. The fourth-order valence-corrected chi connectivity index (χ4v) is 5.43. The van der Waals surface area contributed by atoms with Crippen LogP contribution in [0.1, 0.15) is 37.8 Å². The van der Waals surface area contributed by atoms with Crippen LogP contribution >= 0.6 is 0 Å². The summed E-state index contributed by atoms with van der Waals surface area (Å²) in [6.07, 6.45) is 0.0766. The van der Waals surface area contributed by atoms with E-state index in [0.29, 0.717) is 32.7 Å². The number of nitrogens with zero attached hydrogens (tertiary/aromatic N) is 1. The van der Waals surface area contributed by atoms with Gasteiger partial charge in [0.25, 0.3) is 0 Å². The molecule has 27 heavy (non-hydrogen) atoms. The number of fused-ring (bicyclic) bond motifs is 1. The van der Waals surface area contributed by atoms with E-state index in [4.69, 9.17) is 9.47 Å². The first-order chi connectivity index (χ1) is 12.7. The molecule has 1 amide bonds. The van der Waals surface area contributed by atoms with Crippen LogP contribution in [0, 0.1) is 0 Å². The third-order valence-electron chi connectivity index (χ3n) is 4.84. The Labute approximate surface area is 161 Å². The van der Waals surface area contributed by atoms with Crippen molar-refractivity contribution in [3.63, 3.8) is 0 Å². The van der Waals surface area contributed by atoms with Crippen molar-refractivity contribution in [3.05, 3.63) is 35.4 Å². The second-order valence-electron chi connectivity index (χ2n) is 8.05. The number of alkyl carbamates (subject to hydrolysis) is 1. The minimum absolute atomic E-state index is 0.0372. The first kappa shape index (κ1) is 20.1. The van der Waals surface area contributed by atoms with E-state index in [0.717, 1.165) is 11.1 Å². The van der Waals surface area contributed by atoms with E-state index < -0.39 is 21.7 Å². The summed E-state index contributed by atoms with van der Waals surface area (Å²) in [7, 11) is -3.45. The molecule has 1 aliphatic heterocycles. The molecule has 1 fully saturated rings. The van der Waals surface area contributed by atoms with E-state index in [1.807, 2.05) is 24.3 Å². The summed E-state index contributed by atoms with van der Waals surface area (Å²) >= 11 is 0. The van der Waals surface area contributed by atoms with Gasteiger partial charge >= 0.3 is 6.09 Å². The first-order valence-electron chi connectivity index (χ1n) is 9.28. The standard InChI is InChI=1S/C19H28N2O5S/c1-19(2,3)26-18(22)20-17-12-14-6-4-5-7-15(14)16(17)13-27(23,24)21-8-10-25-11-9-21/h4-7,16-17H,8-13H2,1-3H3,(H,20,22)/t16-,17-/m1/s1. The molecule has 0 bridgehead atoms. The molecule has 2 atom stereocenters. The van der Waals surface area contributed by atoms with Crippen LogP contribution in [0.2, 0.25) is 0 Å². The lowest BCUT2D eigenvalue weighted by atomic mass is 10.0. The lowest BCUT2D eigenvalue weighted by molar-refractivity contribution is 0.0500. The normalized spacial score (nSPS) is 23.7. The van der Waals surface area contributed by atoms with Crippen LogP contribution in [0.15, 0.2) is 24.3 Å². The van der Waals surface area contributed by atoms with Gasteiger partial charge in [0.15, 0.2) is 0 Å². The number of ether oxygens (including phenoxy) is 2. The molecule has 1 heterocycles. The Balaban J connectivity index is 1.78. The molecule has 0 unspecified atom stereocenters. The van der Waals surface area contributed by atoms with Crippen LogP contribution in [0.5, 0.6) is 0 Å². The summed E-state index contributed by atoms with van der Waals surface area (Å²) in [6.45, 7) is 6.99. The smallest absolute Gasteiger partial charge is 0.407 e. The highest BCUT2D eigenvalue weighted by Crippen LogP contribution is 2.35. The minimum Gasteiger partial charge on any atom is -0.444 e. The fourth-order valence-electron chi connectivity index (χ4n) is 3.65.